The lowest BCUT2D eigenvalue weighted by Gasteiger charge is -2.24. The van der Waals surface area contributed by atoms with Gasteiger partial charge in [-0.25, -0.2) is 0 Å². The molecule has 0 bridgehead atoms. The number of amides is 1. The Morgan fingerprint density at radius 2 is 1.12 bits per heavy atom. The Kier molecular flexibility index (Phi) is 14.2. The van der Waals surface area contributed by atoms with Crippen LogP contribution in [0.5, 0.6) is 34.5 Å². The van der Waals surface area contributed by atoms with Crippen LogP contribution in [0.15, 0.2) is 103 Å². The number of ether oxygens (including phenoxy) is 6. The molecular weight excluding hydrogens is 770 g/mol. The summed E-state index contributed by atoms with van der Waals surface area (Å²) < 4.78 is 108. The van der Waals surface area contributed by atoms with E-state index in [1.165, 1.54) is 38.5 Å². The van der Waals surface area contributed by atoms with Crippen molar-refractivity contribution in [3.63, 3.8) is 0 Å². The number of nitrogens with zero attached hydrogens (tertiary/aromatic N) is 1. The number of rotatable bonds is 14. The van der Waals surface area contributed by atoms with Gasteiger partial charge in [0.2, 0.25) is 12.7 Å². The molecule has 0 atom stereocenters. The maximum absolute atomic E-state index is 13.4. The second-order valence-corrected chi connectivity index (χ2v) is 12.8. The average molecular weight is 813 g/mol. The van der Waals surface area contributed by atoms with Crippen LogP contribution >= 0.6 is 0 Å². The van der Waals surface area contributed by atoms with Crippen LogP contribution < -0.4 is 38.6 Å². The molecule has 0 unspecified atom stereocenters. The largest absolute Gasteiger partial charge is 0.493 e. The molecule has 0 radical (unpaired) electrons. The summed E-state index contributed by atoms with van der Waals surface area (Å²) in [5.41, 5.74) is 2.37. The zero-order chi connectivity index (χ0) is 41.9. The zero-order valence-corrected chi connectivity index (χ0v) is 32.1. The lowest BCUT2D eigenvalue weighted by Crippen LogP contribution is -2.34. The third-order valence-corrected chi connectivity index (χ3v) is 9.09. The van der Waals surface area contributed by atoms with Gasteiger partial charge < -0.3 is 38.6 Å². The van der Waals surface area contributed by atoms with E-state index in [0.717, 1.165) is 41.1 Å². The highest BCUT2D eigenvalue weighted by molar-refractivity contribution is 5.95. The average Bonchev–Trinajstić information content (AvgIpc) is 3.69. The van der Waals surface area contributed by atoms with Crippen molar-refractivity contribution in [3.8, 4) is 34.5 Å². The zero-order valence-electron chi connectivity index (χ0n) is 32.1. The molecule has 308 valence electrons. The van der Waals surface area contributed by atoms with Crippen molar-refractivity contribution in [2.75, 3.05) is 58.5 Å². The normalized spacial score (nSPS) is 11.9. The first-order chi connectivity index (χ1) is 27.7. The molecule has 0 aromatic heterocycles. The summed E-state index contributed by atoms with van der Waals surface area (Å²) in [4.78, 5) is 15.0. The van der Waals surface area contributed by atoms with Crippen LogP contribution in [0.25, 0.3) is 0 Å². The van der Waals surface area contributed by atoms with Gasteiger partial charge in [0.05, 0.1) is 46.0 Å². The van der Waals surface area contributed by atoms with E-state index in [0.29, 0.717) is 65.1 Å². The Hall–Kier alpha value is -6.25. The van der Waals surface area contributed by atoms with Crippen molar-refractivity contribution in [2.45, 2.75) is 31.6 Å². The molecule has 0 saturated heterocycles. The molecule has 0 aliphatic carbocycles. The summed E-state index contributed by atoms with van der Waals surface area (Å²) in [5.74, 6) is 3.25. The van der Waals surface area contributed by atoms with Gasteiger partial charge in [0.1, 0.15) is 0 Å². The fraction of sp³-hybridized carbons (Fsp3) is 0.279. The SMILES string of the molecule is COc1ccc(N(CCc2ccc(C(F)(F)F)cc2)C(=O)Cc2ccc3c(c2)OCO3)cc1OC.COc1ccc(NCCc2ccc(C(F)(F)F)cc2)cc1OC. The van der Waals surface area contributed by atoms with Crippen molar-refractivity contribution in [3.05, 3.63) is 131 Å². The Morgan fingerprint density at radius 1 is 0.603 bits per heavy atom. The van der Waals surface area contributed by atoms with Crippen LogP contribution in [-0.4, -0.2) is 54.2 Å². The number of carbonyl (C=O) groups is 1. The molecule has 58 heavy (non-hydrogen) atoms. The fourth-order valence-corrected chi connectivity index (χ4v) is 5.97. The first kappa shape index (κ1) is 42.9. The minimum Gasteiger partial charge on any atom is -0.493 e. The van der Waals surface area contributed by atoms with Crippen molar-refractivity contribution in [2.24, 2.45) is 0 Å². The molecule has 0 fully saturated rings. The Bertz CT molecular complexity index is 2120. The minimum absolute atomic E-state index is 0.0952. The van der Waals surface area contributed by atoms with Crippen LogP contribution in [0.4, 0.5) is 37.7 Å². The first-order valence-corrected chi connectivity index (χ1v) is 17.9. The van der Waals surface area contributed by atoms with E-state index in [-0.39, 0.29) is 25.7 Å². The maximum atomic E-state index is 13.4. The number of carbonyl (C=O) groups excluding carboxylic acids is 1. The summed E-state index contributed by atoms with van der Waals surface area (Å²) in [7, 11) is 6.15. The van der Waals surface area contributed by atoms with E-state index >= 15 is 0 Å². The number of alkyl halides is 6. The molecule has 1 heterocycles. The van der Waals surface area contributed by atoms with Gasteiger partial charge in [-0.1, -0.05) is 30.3 Å². The van der Waals surface area contributed by atoms with Gasteiger partial charge in [0.15, 0.2) is 34.5 Å². The van der Waals surface area contributed by atoms with Gasteiger partial charge in [-0.05, 0) is 90.2 Å². The predicted molar refractivity (Wildman–Crippen MR) is 206 cm³/mol. The predicted octanol–water partition coefficient (Wildman–Crippen LogP) is 9.65. The number of hydrogen-bond donors (Lipinski definition) is 1. The summed E-state index contributed by atoms with van der Waals surface area (Å²) in [6.45, 7) is 0.989. The number of anilines is 2. The van der Waals surface area contributed by atoms with Crippen LogP contribution in [0.1, 0.15) is 27.8 Å². The summed E-state index contributed by atoms with van der Waals surface area (Å²) >= 11 is 0. The maximum Gasteiger partial charge on any atom is 0.416 e. The molecule has 1 amide bonds. The monoisotopic (exact) mass is 812 g/mol. The van der Waals surface area contributed by atoms with E-state index in [1.54, 1.807) is 61.6 Å². The molecule has 0 spiro atoms. The quantitative estimate of drug-likeness (QED) is 0.111. The Balaban J connectivity index is 0.000000242. The van der Waals surface area contributed by atoms with E-state index in [1.807, 2.05) is 12.1 Å². The second-order valence-electron chi connectivity index (χ2n) is 12.8. The molecule has 5 aromatic rings. The number of halogens is 6. The van der Waals surface area contributed by atoms with Crippen molar-refractivity contribution in [1.82, 2.24) is 0 Å². The van der Waals surface area contributed by atoms with Crippen LogP contribution in [0, 0.1) is 0 Å². The molecule has 15 heteroatoms. The minimum atomic E-state index is -4.40. The Labute approximate surface area is 332 Å². The van der Waals surface area contributed by atoms with E-state index < -0.39 is 23.5 Å². The van der Waals surface area contributed by atoms with Gasteiger partial charge in [-0.2, -0.15) is 26.3 Å². The van der Waals surface area contributed by atoms with Crippen LogP contribution in [0.3, 0.4) is 0 Å². The standard InChI is InChI=1S/C26H24F3NO5.C17H18F3NO2/c1-32-21-10-8-20(15-23(21)33-2)30(12-11-17-3-6-19(7-4-17)26(27,28)29)25(31)14-18-5-9-22-24(13-18)35-16-34-22;1-22-15-8-7-14(11-16(15)23-2)21-10-9-12-3-5-13(6-4-12)17(18,19)20/h3-10,13,15H,11-12,14,16H2,1-2H3;3-8,11,21H,9-10H2,1-2H3. The highest BCUT2D eigenvalue weighted by Gasteiger charge is 2.31. The second kappa shape index (κ2) is 19.3. The van der Waals surface area contributed by atoms with Crippen molar-refractivity contribution >= 4 is 17.3 Å². The molecule has 1 N–H and O–H groups in total. The third kappa shape index (κ3) is 11.4. The van der Waals surface area contributed by atoms with Gasteiger partial charge in [0, 0.05) is 36.6 Å². The molecule has 9 nitrogen and oxygen atoms in total. The number of benzene rings is 5. The first-order valence-electron chi connectivity index (χ1n) is 17.9. The molecule has 0 saturated carbocycles. The highest BCUT2D eigenvalue weighted by atomic mass is 19.4. The Morgan fingerprint density at radius 3 is 1.69 bits per heavy atom. The summed E-state index contributed by atoms with van der Waals surface area (Å²) in [5, 5.41) is 3.21. The number of methoxy groups -OCH3 is 4. The summed E-state index contributed by atoms with van der Waals surface area (Å²) in [6, 6.07) is 26.1. The van der Waals surface area contributed by atoms with Gasteiger partial charge in [-0.3, -0.25) is 4.79 Å². The lowest BCUT2D eigenvalue weighted by atomic mass is 10.1. The molecular formula is C43H42F6N2O7. The van der Waals surface area contributed by atoms with E-state index in [2.05, 4.69) is 5.32 Å². The van der Waals surface area contributed by atoms with E-state index in [9.17, 15) is 31.1 Å². The lowest BCUT2D eigenvalue weighted by molar-refractivity contribution is -0.138. The number of nitrogens with one attached hydrogen (secondary N) is 1. The highest BCUT2D eigenvalue weighted by Crippen LogP contribution is 2.35. The van der Waals surface area contributed by atoms with Crippen molar-refractivity contribution < 1.29 is 59.6 Å². The van der Waals surface area contributed by atoms with Gasteiger partial charge in [0.25, 0.3) is 0 Å². The molecule has 6 rings (SSSR count). The summed E-state index contributed by atoms with van der Waals surface area (Å²) in [6.07, 6.45) is -7.62. The van der Waals surface area contributed by atoms with Gasteiger partial charge >= 0.3 is 12.4 Å². The number of hydrogen-bond acceptors (Lipinski definition) is 8. The third-order valence-electron chi connectivity index (χ3n) is 9.09. The van der Waals surface area contributed by atoms with Crippen LogP contribution in [-0.2, 0) is 36.4 Å². The number of fused-ring (bicyclic) bond motifs is 1. The van der Waals surface area contributed by atoms with E-state index in [4.69, 9.17) is 28.4 Å². The van der Waals surface area contributed by atoms with Crippen molar-refractivity contribution in [1.29, 1.82) is 0 Å². The van der Waals surface area contributed by atoms with Gasteiger partial charge in [-0.15, -0.1) is 0 Å². The fourth-order valence-electron chi connectivity index (χ4n) is 5.97. The molecule has 1 aliphatic heterocycles. The topological polar surface area (TPSA) is 87.7 Å². The smallest absolute Gasteiger partial charge is 0.416 e. The molecule has 5 aromatic carbocycles. The van der Waals surface area contributed by atoms with Crippen LogP contribution in [0.2, 0.25) is 0 Å². The molecule has 1 aliphatic rings.